The number of aryl methyl sites for hydroxylation is 1. The fourth-order valence-corrected chi connectivity index (χ4v) is 3.55. The van der Waals surface area contributed by atoms with E-state index in [2.05, 4.69) is 22.2 Å². The molecule has 1 aromatic carbocycles. The van der Waals surface area contributed by atoms with E-state index < -0.39 is 23.3 Å². The van der Waals surface area contributed by atoms with Crippen LogP contribution in [0.5, 0.6) is 0 Å². The zero-order chi connectivity index (χ0) is 21.0. The molecule has 0 spiro atoms. The second-order valence-electron chi connectivity index (χ2n) is 7.79. The molecule has 1 aliphatic rings. The third kappa shape index (κ3) is 5.38. The van der Waals surface area contributed by atoms with Gasteiger partial charge in [0.1, 0.15) is 0 Å². The van der Waals surface area contributed by atoms with Crippen LogP contribution in [0.4, 0.5) is 13.2 Å². The average molecular weight is 408 g/mol. The van der Waals surface area contributed by atoms with Gasteiger partial charge in [-0.15, -0.1) is 0 Å². The van der Waals surface area contributed by atoms with Crippen LogP contribution in [-0.4, -0.2) is 46.8 Å². The maximum atomic E-state index is 13.7. The van der Waals surface area contributed by atoms with Crippen LogP contribution in [0.2, 0.25) is 0 Å². The summed E-state index contributed by atoms with van der Waals surface area (Å²) in [4.78, 5) is 14.8. The van der Waals surface area contributed by atoms with Crippen LogP contribution in [0.3, 0.4) is 0 Å². The Morgan fingerprint density at radius 1 is 1.21 bits per heavy atom. The van der Waals surface area contributed by atoms with Gasteiger partial charge in [0.05, 0.1) is 17.4 Å². The number of nitrogens with one attached hydrogen (secondary N) is 1. The lowest BCUT2D eigenvalue weighted by atomic mass is 9.99. The number of carbonyl (C=O) groups is 1. The third-order valence-electron chi connectivity index (χ3n) is 5.37. The van der Waals surface area contributed by atoms with Gasteiger partial charge < -0.3 is 10.2 Å². The lowest BCUT2D eigenvalue weighted by Gasteiger charge is -2.30. The summed E-state index contributed by atoms with van der Waals surface area (Å²) in [5, 5.41) is 6.45. The van der Waals surface area contributed by atoms with Crippen LogP contribution < -0.4 is 5.32 Å². The summed E-state index contributed by atoms with van der Waals surface area (Å²) in [6, 6.07) is 6.52. The molecule has 1 N–H and O–H groups in total. The molecule has 0 bridgehead atoms. The highest BCUT2D eigenvalue weighted by atomic mass is 19.4. The predicted octanol–water partition coefficient (Wildman–Crippen LogP) is 4.05. The van der Waals surface area contributed by atoms with Crippen molar-refractivity contribution in [3.63, 3.8) is 0 Å². The first kappa shape index (κ1) is 21.4. The highest BCUT2D eigenvalue weighted by molar-refractivity contribution is 5.95. The number of hydrogen-bond donors (Lipinski definition) is 1. The van der Waals surface area contributed by atoms with Crippen molar-refractivity contribution in [3.8, 4) is 5.69 Å². The van der Waals surface area contributed by atoms with Crippen LogP contribution in [0, 0.1) is 12.8 Å². The molecular formula is C21H27F3N4O. The van der Waals surface area contributed by atoms with Crippen molar-refractivity contribution in [1.29, 1.82) is 0 Å². The number of piperidine rings is 1. The normalized spacial score (nSPS) is 16.2. The van der Waals surface area contributed by atoms with Crippen molar-refractivity contribution in [2.24, 2.45) is 5.92 Å². The monoisotopic (exact) mass is 408 g/mol. The Hall–Kier alpha value is -2.35. The molecule has 29 heavy (non-hydrogen) atoms. The number of benzene rings is 1. The molecule has 0 saturated carbocycles. The highest BCUT2D eigenvalue weighted by Gasteiger charge is 2.40. The van der Waals surface area contributed by atoms with Crippen molar-refractivity contribution >= 4 is 5.91 Å². The molecule has 2 aromatic rings. The van der Waals surface area contributed by atoms with Gasteiger partial charge in [-0.25, -0.2) is 4.68 Å². The Morgan fingerprint density at radius 3 is 2.48 bits per heavy atom. The van der Waals surface area contributed by atoms with Gasteiger partial charge in [0.2, 0.25) is 0 Å². The molecule has 8 heteroatoms. The van der Waals surface area contributed by atoms with Crippen LogP contribution in [0.15, 0.2) is 30.5 Å². The van der Waals surface area contributed by atoms with E-state index in [9.17, 15) is 18.0 Å². The second kappa shape index (κ2) is 8.98. The molecule has 1 aromatic heterocycles. The predicted molar refractivity (Wildman–Crippen MR) is 105 cm³/mol. The summed E-state index contributed by atoms with van der Waals surface area (Å²) in [7, 11) is 0. The van der Waals surface area contributed by atoms with E-state index in [0.717, 1.165) is 42.0 Å². The van der Waals surface area contributed by atoms with E-state index >= 15 is 0 Å². The number of rotatable bonds is 6. The Morgan fingerprint density at radius 2 is 1.86 bits per heavy atom. The fraction of sp³-hybridized carbons (Fsp3) is 0.524. The molecule has 5 nitrogen and oxygen atoms in total. The van der Waals surface area contributed by atoms with Gasteiger partial charge >= 0.3 is 6.18 Å². The van der Waals surface area contributed by atoms with E-state index in [1.807, 2.05) is 6.92 Å². The van der Waals surface area contributed by atoms with Gasteiger partial charge in [-0.1, -0.05) is 24.6 Å². The third-order valence-corrected chi connectivity index (χ3v) is 5.37. The van der Waals surface area contributed by atoms with E-state index in [0.29, 0.717) is 13.0 Å². The zero-order valence-corrected chi connectivity index (χ0v) is 16.8. The molecule has 1 amide bonds. The first-order valence-corrected chi connectivity index (χ1v) is 9.98. The number of carbonyl (C=O) groups excluding carboxylic acids is 1. The SMILES string of the molecule is Cc1ccc(-n2ncc(C(=O)NCCCN3CCC(C)CC3)c2C(F)(F)F)cc1. The Labute approximate surface area is 168 Å². The smallest absolute Gasteiger partial charge is 0.352 e. The quantitative estimate of drug-likeness (QED) is 0.734. The summed E-state index contributed by atoms with van der Waals surface area (Å²) in [6.45, 7) is 7.33. The van der Waals surface area contributed by atoms with Crippen LogP contribution in [-0.2, 0) is 6.18 Å². The Bertz CT molecular complexity index is 821. The van der Waals surface area contributed by atoms with E-state index in [4.69, 9.17) is 0 Å². The molecule has 0 atom stereocenters. The van der Waals surface area contributed by atoms with Crippen molar-refractivity contribution < 1.29 is 18.0 Å². The Balaban J connectivity index is 1.65. The average Bonchev–Trinajstić information content (AvgIpc) is 3.13. The van der Waals surface area contributed by atoms with Crippen molar-refractivity contribution in [2.45, 2.75) is 39.3 Å². The molecule has 0 aliphatic carbocycles. The number of hydrogen-bond acceptors (Lipinski definition) is 3. The summed E-state index contributed by atoms with van der Waals surface area (Å²) in [5.74, 6) is -0.000221. The van der Waals surface area contributed by atoms with Crippen molar-refractivity contribution in [3.05, 3.63) is 47.3 Å². The fourth-order valence-electron chi connectivity index (χ4n) is 3.55. The lowest BCUT2D eigenvalue weighted by Crippen LogP contribution is -2.35. The molecule has 1 saturated heterocycles. The summed E-state index contributed by atoms with van der Waals surface area (Å²) in [6.07, 6.45) is -0.671. The molecule has 1 aliphatic heterocycles. The van der Waals surface area contributed by atoms with E-state index in [-0.39, 0.29) is 5.69 Å². The van der Waals surface area contributed by atoms with Crippen LogP contribution >= 0.6 is 0 Å². The van der Waals surface area contributed by atoms with Crippen LogP contribution in [0.1, 0.15) is 47.8 Å². The van der Waals surface area contributed by atoms with Crippen LogP contribution in [0.25, 0.3) is 5.69 Å². The van der Waals surface area contributed by atoms with E-state index in [1.165, 1.54) is 12.8 Å². The number of nitrogens with zero attached hydrogens (tertiary/aromatic N) is 3. The minimum absolute atomic E-state index is 0.265. The molecular weight excluding hydrogens is 381 g/mol. The van der Waals surface area contributed by atoms with Gasteiger partial charge in [-0.3, -0.25) is 4.79 Å². The summed E-state index contributed by atoms with van der Waals surface area (Å²) in [5.41, 5.74) is -0.314. The lowest BCUT2D eigenvalue weighted by molar-refractivity contribution is -0.143. The first-order chi connectivity index (χ1) is 13.8. The molecule has 0 radical (unpaired) electrons. The zero-order valence-electron chi connectivity index (χ0n) is 16.8. The van der Waals surface area contributed by atoms with Crippen molar-refractivity contribution in [2.75, 3.05) is 26.2 Å². The summed E-state index contributed by atoms with van der Waals surface area (Å²) >= 11 is 0. The first-order valence-electron chi connectivity index (χ1n) is 9.98. The molecule has 0 unspecified atom stereocenters. The number of likely N-dealkylation sites (tertiary alicyclic amines) is 1. The summed E-state index contributed by atoms with van der Waals surface area (Å²) < 4.78 is 41.8. The molecule has 3 rings (SSSR count). The van der Waals surface area contributed by atoms with E-state index in [1.54, 1.807) is 24.3 Å². The minimum Gasteiger partial charge on any atom is -0.352 e. The maximum absolute atomic E-state index is 13.7. The van der Waals surface area contributed by atoms with Gasteiger partial charge in [-0.05, 0) is 63.9 Å². The number of alkyl halides is 3. The minimum atomic E-state index is -4.70. The molecule has 1 fully saturated rings. The van der Waals surface area contributed by atoms with Gasteiger partial charge in [0.15, 0.2) is 5.69 Å². The topological polar surface area (TPSA) is 50.2 Å². The number of halogens is 3. The maximum Gasteiger partial charge on any atom is 0.434 e. The number of amides is 1. The largest absolute Gasteiger partial charge is 0.434 e. The van der Waals surface area contributed by atoms with Crippen molar-refractivity contribution in [1.82, 2.24) is 20.0 Å². The standard InChI is InChI=1S/C21H27F3N4O/c1-15-4-6-17(7-5-15)28-19(21(22,23)24)18(14-26-28)20(29)25-10-3-11-27-12-8-16(2)9-13-27/h4-7,14,16H,3,8-13H2,1-2H3,(H,25,29). The molecule has 158 valence electrons. The second-order valence-corrected chi connectivity index (χ2v) is 7.79. The molecule has 2 heterocycles. The van der Waals surface area contributed by atoms with Gasteiger partial charge in [0.25, 0.3) is 5.91 Å². The van der Waals surface area contributed by atoms with Gasteiger partial charge in [-0.2, -0.15) is 18.3 Å². The Kier molecular flexibility index (Phi) is 6.62. The van der Waals surface area contributed by atoms with Gasteiger partial charge in [0, 0.05) is 6.54 Å². The highest BCUT2D eigenvalue weighted by Crippen LogP contribution is 2.33. The number of aromatic nitrogens is 2.